The minimum absolute atomic E-state index is 0.0929. The molecule has 0 aliphatic carbocycles. The summed E-state index contributed by atoms with van der Waals surface area (Å²) in [5.74, 6) is 0. The summed E-state index contributed by atoms with van der Waals surface area (Å²) in [5.41, 5.74) is -2.70. The summed E-state index contributed by atoms with van der Waals surface area (Å²) in [6, 6.07) is 16.8. The average Bonchev–Trinajstić information content (AvgIpc) is 0.751. The molecule has 8 aromatic carbocycles. The van der Waals surface area contributed by atoms with Crippen LogP contribution in [0, 0.1) is 13.8 Å². The van der Waals surface area contributed by atoms with Crippen LogP contribution in [0.5, 0.6) is 0 Å². The molecule has 2 amide bonds. The Labute approximate surface area is 511 Å². The van der Waals surface area contributed by atoms with Gasteiger partial charge in [0, 0.05) is 32.9 Å². The lowest BCUT2D eigenvalue weighted by atomic mass is 10.1. The Morgan fingerprint density at radius 2 is 0.600 bits per heavy atom. The van der Waals surface area contributed by atoms with Crippen molar-refractivity contribution in [2.45, 2.75) is 62.8 Å². The molecule has 0 bridgehead atoms. The number of anilines is 6. The molecule has 0 aliphatic heterocycles. The van der Waals surface area contributed by atoms with Crippen molar-refractivity contribution in [2.75, 3.05) is 29.5 Å². The number of carbonyl (C=O) groups excluding carboxylic acids is 1. The summed E-state index contributed by atoms with van der Waals surface area (Å²) >= 11 is 0. The van der Waals surface area contributed by atoms with Gasteiger partial charge >= 0.3 is 6.03 Å². The molecule has 480 valence electrons. The van der Waals surface area contributed by atoms with E-state index in [0.29, 0.717) is 36.4 Å². The number of carbonyl (C=O) groups is 1. The minimum Gasteiger partial charge on any atom is -0.308 e. The lowest BCUT2D eigenvalue weighted by molar-refractivity contribution is 0.262. The van der Waals surface area contributed by atoms with Crippen molar-refractivity contribution < 1.29 is 116 Å². The first-order valence-electron chi connectivity index (χ1n) is 23.7. The summed E-state index contributed by atoms with van der Waals surface area (Å²) in [5, 5.41) is 0.642. The van der Waals surface area contributed by atoms with Crippen LogP contribution in [-0.4, -0.2) is 118 Å². The van der Waals surface area contributed by atoms with E-state index in [1.807, 2.05) is 9.44 Å². The van der Waals surface area contributed by atoms with E-state index < -0.39 is 200 Å². The van der Waals surface area contributed by atoms with Crippen molar-refractivity contribution in [3.63, 3.8) is 0 Å². The second-order valence-corrected chi connectivity index (χ2v) is 33.9. The van der Waals surface area contributed by atoms with E-state index in [9.17, 15) is 116 Å². The zero-order valence-electron chi connectivity index (χ0n) is 44.5. The number of hydrogen-bond acceptors (Lipinski definition) is 21. The minimum atomic E-state index is -5.61. The maximum Gasteiger partial charge on any atom is 0.323 e. The largest absolute Gasteiger partial charge is 0.323 e. The molecule has 8 rings (SSSR count). The molecular formula is C47H40N6O27S10. The molecule has 0 spiro atoms. The predicted octanol–water partition coefficient (Wildman–Crippen LogP) is 4.94. The third-order valence-corrected chi connectivity index (χ3v) is 23.2. The van der Waals surface area contributed by atoms with Gasteiger partial charge in [0.2, 0.25) is 0 Å². The fourth-order valence-corrected chi connectivity index (χ4v) is 17.1. The molecule has 90 heavy (non-hydrogen) atoms. The van der Waals surface area contributed by atoms with Gasteiger partial charge in [0.25, 0.3) is 101 Å². The maximum absolute atomic E-state index is 13.9. The van der Waals surface area contributed by atoms with E-state index >= 15 is 0 Å². The predicted molar refractivity (Wildman–Crippen MR) is 318 cm³/mol. The quantitative estimate of drug-likeness (QED) is 0.0450. The molecule has 0 aromatic heterocycles. The Morgan fingerprint density at radius 1 is 0.300 bits per heavy atom. The van der Waals surface area contributed by atoms with Crippen LogP contribution in [0.25, 0.3) is 21.5 Å². The van der Waals surface area contributed by atoms with Crippen LogP contribution in [0.2, 0.25) is 0 Å². The molecule has 0 saturated heterocycles. The summed E-state index contributed by atoms with van der Waals surface area (Å²) in [6.45, 7) is 2.69. The molecule has 12 N–H and O–H groups in total. The Hall–Kier alpha value is -7.99. The van der Waals surface area contributed by atoms with Crippen molar-refractivity contribution in [3.05, 3.63) is 145 Å². The Balaban J connectivity index is 0.994. The zero-order chi connectivity index (χ0) is 67.1. The summed E-state index contributed by atoms with van der Waals surface area (Å²) < 4.78 is 325. The van der Waals surface area contributed by atoms with Crippen molar-refractivity contribution in [1.29, 1.82) is 0 Å². The van der Waals surface area contributed by atoms with E-state index in [2.05, 4.69) is 20.1 Å². The first-order chi connectivity index (χ1) is 41.1. The van der Waals surface area contributed by atoms with E-state index in [0.717, 1.165) is 60.7 Å². The highest BCUT2D eigenvalue weighted by Crippen LogP contribution is 2.40. The highest BCUT2D eigenvalue weighted by atomic mass is 32.3. The van der Waals surface area contributed by atoms with Crippen molar-refractivity contribution in [3.8, 4) is 0 Å². The molecule has 33 nitrogen and oxygen atoms in total. The van der Waals surface area contributed by atoms with Gasteiger partial charge < -0.3 is 10.6 Å². The third-order valence-electron chi connectivity index (χ3n) is 12.6. The second-order valence-electron chi connectivity index (χ2n) is 18.8. The van der Waals surface area contributed by atoms with E-state index in [1.165, 1.54) is 38.1 Å². The number of hydrogen-bond donors (Lipinski definition) is 12. The van der Waals surface area contributed by atoms with Crippen molar-refractivity contribution in [2.24, 2.45) is 0 Å². The van der Waals surface area contributed by atoms with Crippen LogP contribution in [-0.2, 0) is 101 Å². The number of sulfonamides is 4. The normalized spacial score (nSPS) is 13.2. The molecular weight excluding hydrogens is 1400 g/mol. The number of rotatable bonds is 20. The number of urea groups is 1. The van der Waals surface area contributed by atoms with Gasteiger partial charge in [-0.05, 0) is 134 Å². The van der Waals surface area contributed by atoms with Crippen LogP contribution in [0.4, 0.5) is 38.9 Å². The Morgan fingerprint density at radius 3 is 0.900 bits per heavy atom. The molecule has 0 heterocycles. The highest BCUT2D eigenvalue weighted by molar-refractivity contribution is 7.94. The van der Waals surface area contributed by atoms with Crippen LogP contribution in [0.15, 0.2) is 182 Å². The van der Waals surface area contributed by atoms with E-state index in [-0.39, 0.29) is 34.6 Å². The number of fused-ring (bicyclic) bond motifs is 2. The lowest BCUT2D eigenvalue weighted by Crippen LogP contribution is -2.21. The molecule has 43 heteroatoms. The number of aryl methyl sites for hydroxylation is 2. The van der Waals surface area contributed by atoms with Gasteiger partial charge in [0.1, 0.15) is 19.6 Å². The van der Waals surface area contributed by atoms with Gasteiger partial charge in [-0.15, -0.1) is 0 Å². The second kappa shape index (κ2) is 23.4. The SMILES string of the molecule is Cc1ccc(S(=O)(=O)Nc2ccc(S(=O)(=O)O)c3cc(S(=O)(=O)O)cc(S(=O)(=O)O)c23)cc1NS(=O)(=O)c1cccc(NC(=O)Nc2cccc(S(=O)(=O)Nc3cc(S(=O)(=O)Nc4ccc(S(=O)(=O)O)c5cc(S(=O)(=O)O)cc(S(=O)(=O)O)c45)ccc3C)c2)c1. The molecule has 0 saturated carbocycles. The van der Waals surface area contributed by atoms with Crippen LogP contribution >= 0.6 is 0 Å². The van der Waals surface area contributed by atoms with Gasteiger partial charge in [-0.1, -0.05) is 24.3 Å². The highest BCUT2D eigenvalue weighted by Gasteiger charge is 2.32. The number of nitrogens with one attached hydrogen (secondary N) is 6. The fourth-order valence-electron chi connectivity index (χ4n) is 8.46. The molecule has 0 unspecified atom stereocenters. The number of amides is 2. The van der Waals surface area contributed by atoms with Crippen LogP contribution < -0.4 is 29.5 Å². The number of benzene rings is 8. The lowest BCUT2D eigenvalue weighted by Gasteiger charge is -2.17. The molecule has 0 atom stereocenters. The van der Waals surface area contributed by atoms with Crippen molar-refractivity contribution >= 4 is 163 Å². The van der Waals surface area contributed by atoms with Gasteiger partial charge in [0.05, 0.1) is 52.1 Å². The average molecular weight is 1440 g/mol. The topological polar surface area (TPSA) is 552 Å². The van der Waals surface area contributed by atoms with E-state index in [1.54, 1.807) is 0 Å². The molecule has 0 radical (unpaired) electrons. The monoisotopic (exact) mass is 1440 g/mol. The molecule has 8 aromatic rings. The fraction of sp³-hybridized carbons (Fsp3) is 0.0426. The first kappa shape index (κ1) is 67.9. The van der Waals surface area contributed by atoms with Crippen LogP contribution in [0.1, 0.15) is 11.1 Å². The standard InChI is InChI=1S/C47H40N6O27S10/c1-25-9-11-31(83(59,60)50-37-13-15-41(87(69,70)71)35-19-33(85(63,64)65)23-43(45(35)37)89(75,76)77)21-39(25)52-81(55,56)29-7-3-5-27(17-29)48-47(54)49-28-6-4-8-30(18-28)82(57,58)53-40-22-32(12-10-26(40)2)84(61,62)51-38-14-16-42(88(72,73)74)36-20-34(86(66,67)68)24-44(46(36)38)90(78,79)80/h3-24,50-53H,1-2H3,(H2,48,49,54)(H,63,64,65)(H,66,67,68)(H,69,70,71)(H,72,73,74)(H,75,76,77)(H,78,79,80). The smallest absolute Gasteiger partial charge is 0.308 e. The van der Waals surface area contributed by atoms with E-state index in [4.69, 9.17) is 0 Å². The third kappa shape index (κ3) is 14.8. The molecule has 0 aliphatic rings. The maximum atomic E-state index is 13.9. The Kier molecular flexibility index (Phi) is 17.6. The zero-order valence-corrected chi connectivity index (χ0v) is 52.7. The van der Waals surface area contributed by atoms with Gasteiger partial charge in [0.15, 0.2) is 0 Å². The summed E-state index contributed by atoms with van der Waals surface area (Å²) in [7, 11) is -52.2. The Bertz CT molecular complexity index is 5310. The van der Waals surface area contributed by atoms with Crippen LogP contribution in [0.3, 0.4) is 0 Å². The first-order valence-corrected chi connectivity index (χ1v) is 38.3. The molecule has 0 fully saturated rings. The van der Waals surface area contributed by atoms with Gasteiger partial charge in [-0.25, -0.2) is 38.5 Å². The summed E-state index contributed by atoms with van der Waals surface area (Å²) in [4.78, 5) is 2.82. The summed E-state index contributed by atoms with van der Waals surface area (Å²) in [6.07, 6.45) is 0. The van der Waals surface area contributed by atoms with Gasteiger partial charge in [-0.2, -0.15) is 50.5 Å². The van der Waals surface area contributed by atoms with Gasteiger partial charge in [-0.3, -0.25) is 46.2 Å². The van der Waals surface area contributed by atoms with Crippen molar-refractivity contribution in [1.82, 2.24) is 0 Å².